The van der Waals surface area contributed by atoms with Gasteiger partial charge in [0, 0.05) is 12.6 Å². The van der Waals surface area contributed by atoms with Gasteiger partial charge in [-0.1, -0.05) is 19.9 Å². The Hall–Kier alpha value is -1.68. The molecule has 0 amide bonds. The fourth-order valence-electron chi connectivity index (χ4n) is 1.61. The first-order valence-corrected chi connectivity index (χ1v) is 6.00. The van der Waals surface area contributed by atoms with Crippen molar-refractivity contribution in [2.24, 2.45) is 0 Å². The molecule has 0 fully saturated rings. The lowest BCUT2D eigenvalue weighted by molar-refractivity contribution is 0.553. The van der Waals surface area contributed by atoms with Gasteiger partial charge in [0.25, 0.3) is 0 Å². The molecule has 3 nitrogen and oxygen atoms in total. The van der Waals surface area contributed by atoms with Crippen LogP contribution in [0.1, 0.15) is 25.1 Å². The van der Waals surface area contributed by atoms with E-state index in [2.05, 4.69) is 24.1 Å². The zero-order valence-electron chi connectivity index (χ0n) is 10.8. The van der Waals surface area contributed by atoms with Crippen molar-refractivity contribution in [1.29, 1.82) is 0 Å². The van der Waals surface area contributed by atoms with E-state index in [1.807, 2.05) is 13.0 Å². The molecular weight excluding hydrogens is 231 g/mol. The second kappa shape index (κ2) is 5.31. The van der Waals surface area contributed by atoms with E-state index in [0.29, 0.717) is 24.0 Å². The third-order valence-corrected chi connectivity index (χ3v) is 2.60. The Labute approximate surface area is 106 Å². The summed E-state index contributed by atoms with van der Waals surface area (Å²) in [5.41, 5.74) is 2.06. The maximum Gasteiger partial charge on any atom is 0.229 e. The van der Waals surface area contributed by atoms with Crippen molar-refractivity contribution in [3.63, 3.8) is 0 Å². The molecule has 4 heteroatoms. The second-order valence-electron chi connectivity index (χ2n) is 4.66. The van der Waals surface area contributed by atoms with Gasteiger partial charge in [-0.2, -0.15) is 0 Å². The van der Waals surface area contributed by atoms with Crippen LogP contribution < -0.4 is 5.32 Å². The number of aryl methyl sites for hydroxylation is 1. The van der Waals surface area contributed by atoms with Crippen molar-refractivity contribution in [1.82, 2.24) is 10.3 Å². The van der Waals surface area contributed by atoms with Crippen LogP contribution >= 0.6 is 0 Å². The van der Waals surface area contributed by atoms with Gasteiger partial charge in [-0.05, 0) is 24.6 Å². The van der Waals surface area contributed by atoms with Gasteiger partial charge in [0.15, 0.2) is 0 Å². The van der Waals surface area contributed by atoms with Crippen LogP contribution in [0.5, 0.6) is 0 Å². The zero-order valence-corrected chi connectivity index (χ0v) is 10.8. The minimum absolute atomic E-state index is 0.305. The highest BCUT2D eigenvalue weighted by Crippen LogP contribution is 2.22. The first-order valence-electron chi connectivity index (χ1n) is 6.00. The van der Waals surface area contributed by atoms with E-state index in [9.17, 15) is 4.39 Å². The number of nitrogens with one attached hydrogen (secondary N) is 1. The summed E-state index contributed by atoms with van der Waals surface area (Å²) in [6, 6.07) is 5.39. The van der Waals surface area contributed by atoms with Crippen LogP contribution in [0.2, 0.25) is 0 Å². The Balaban J connectivity index is 2.18. The summed E-state index contributed by atoms with van der Waals surface area (Å²) in [5.74, 6) is 0.0216. The monoisotopic (exact) mass is 248 g/mol. The molecule has 0 aliphatic rings. The molecule has 2 aromatic rings. The average Bonchev–Trinajstić information content (AvgIpc) is 2.75. The number of hydrogen-bond acceptors (Lipinski definition) is 3. The Morgan fingerprint density at radius 2 is 2.17 bits per heavy atom. The number of benzene rings is 1. The van der Waals surface area contributed by atoms with E-state index < -0.39 is 0 Å². The number of rotatable bonds is 4. The minimum Gasteiger partial charge on any atom is -0.444 e. The maximum absolute atomic E-state index is 13.7. The lowest BCUT2D eigenvalue weighted by atomic mass is 10.1. The summed E-state index contributed by atoms with van der Waals surface area (Å²) in [5, 5.41) is 3.23. The van der Waals surface area contributed by atoms with E-state index in [-0.39, 0.29) is 5.82 Å². The van der Waals surface area contributed by atoms with Crippen LogP contribution in [0.15, 0.2) is 28.9 Å². The standard InChI is InChI=1S/C14H17FN2O/c1-9(2)16-7-11-8-18-14(17-11)12-5-4-10(3)6-13(12)15/h4-6,8-9,16H,7H2,1-3H3. The van der Waals surface area contributed by atoms with Gasteiger partial charge in [0.2, 0.25) is 5.89 Å². The summed E-state index contributed by atoms with van der Waals surface area (Å²) >= 11 is 0. The van der Waals surface area contributed by atoms with Crippen LogP contribution in [-0.4, -0.2) is 11.0 Å². The highest BCUT2D eigenvalue weighted by molar-refractivity contribution is 5.54. The SMILES string of the molecule is Cc1ccc(-c2nc(CNC(C)C)co2)c(F)c1. The minimum atomic E-state index is -0.305. The largest absolute Gasteiger partial charge is 0.444 e. The fraction of sp³-hybridized carbons (Fsp3) is 0.357. The highest BCUT2D eigenvalue weighted by atomic mass is 19.1. The fourth-order valence-corrected chi connectivity index (χ4v) is 1.61. The molecule has 1 aromatic heterocycles. The molecule has 0 aliphatic heterocycles. The van der Waals surface area contributed by atoms with E-state index >= 15 is 0 Å². The summed E-state index contributed by atoms with van der Waals surface area (Å²) in [6.45, 7) is 6.58. The van der Waals surface area contributed by atoms with Crippen LogP contribution in [0.4, 0.5) is 4.39 Å². The molecule has 0 saturated carbocycles. The van der Waals surface area contributed by atoms with Gasteiger partial charge >= 0.3 is 0 Å². The smallest absolute Gasteiger partial charge is 0.229 e. The molecule has 0 bridgehead atoms. The van der Waals surface area contributed by atoms with Crippen LogP contribution in [0.3, 0.4) is 0 Å². The zero-order chi connectivity index (χ0) is 13.1. The third kappa shape index (κ3) is 2.96. The van der Waals surface area contributed by atoms with Crippen molar-refractivity contribution < 1.29 is 8.81 Å². The molecule has 18 heavy (non-hydrogen) atoms. The average molecular weight is 248 g/mol. The second-order valence-corrected chi connectivity index (χ2v) is 4.66. The van der Waals surface area contributed by atoms with Gasteiger partial charge in [-0.25, -0.2) is 9.37 Å². The van der Waals surface area contributed by atoms with Crippen molar-refractivity contribution in [3.05, 3.63) is 41.5 Å². The first-order chi connectivity index (χ1) is 8.56. The van der Waals surface area contributed by atoms with E-state index in [4.69, 9.17) is 4.42 Å². The normalized spacial score (nSPS) is 11.2. The molecule has 96 valence electrons. The predicted molar refractivity (Wildman–Crippen MR) is 68.6 cm³/mol. The quantitative estimate of drug-likeness (QED) is 0.902. The predicted octanol–water partition coefficient (Wildman–Crippen LogP) is 3.29. The molecular formula is C14H17FN2O. The van der Waals surface area contributed by atoms with Gasteiger partial charge < -0.3 is 9.73 Å². The Kier molecular flexibility index (Phi) is 3.77. The summed E-state index contributed by atoms with van der Waals surface area (Å²) in [7, 11) is 0. The van der Waals surface area contributed by atoms with Crippen LogP contribution in [0, 0.1) is 12.7 Å². The summed E-state index contributed by atoms with van der Waals surface area (Å²) in [6.07, 6.45) is 1.56. The Bertz CT molecular complexity index is 534. The van der Waals surface area contributed by atoms with Crippen molar-refractivity contribution in [2.75, 3.05) is 0 Å². The molecule has 0 aliphatic carbocycles. The van der Waals surface area contributed by atoms with E-state index in [1.54, 1.807) is 12.3 Å². The van der Waals surface area contributed by atoms with E-state index in [1.165, 1.54) is 6.07 Å². The molecule has 0 atom stereocenters. The summed E-state index contributed by atoms with van der Waals surface area (Å²) in [4.78, 5) is 4.27. The number of hydrogen-bond donors (Lipinski definition) is 1. The molecule has 0 spiro atoms. The first kappa shape index (κ1) is 12.8. The van der Waals surface area contributed by atoms with Crippen LogP contribution in [0.25, 0.3) is 11.5 Å². The number of oxazole rings is 1. The maximum atomic E-state index is 13.7. The van der Waals surface area contributed by atoms with E-state index in [0.717, 1.165) is 11.3 Å². The Morgan fingerprint density at radius 1 is 1.39 bits per heavy atom. The number of halogens is 1. The number of aromatic nitrogens is 1. The van der Waals surface area contributed by atoms with Gasteiger partial charge in [-0.15, -0.1) is 0 Å². The molecule has 1 aromatic carbocycles. The van der Waals surface area contributed by atoms with Crippen molar-refractivity contribution in [3.8, 4) is 11.5 Å². The molecule has 0 saturated heterocycles. The molecule has 0 radical (unpaired) electrons. The van der Waals surface area contributed by atoms with Crippen molar-refractivity contribution in [2.45, 2.75) is 33.4 Å². The van der Waals surface area contributed by atoms with Crippen molar-refractivity contribution >= 4 is 0 Å². The van der Waals surface area contributed by atoms with Gasteiger partial charge in [0.1, 0.15) is 12.1 Å². The number of nitrogens with zero attached hydrogens (tertiary/aromatic N) is 1. The van der Waals surface area contributed by atoms with Crippen LogP contribution in [-0.2, 0) is 6.54 Å². The molecule has 2 rings (SSSR count). The topological polar surface area (TPSA) is 38.1 Å². The molecule has 0 unspecified atom stereocenters. The highest BCUT2D eigenvalue weighted by Gasteiger charge is 2.11. The van der Waals surface area contributed by atoms with Gasteiger partial charge in [0.05, 0.1) is 11.3 Å². The summed E-state index contributed by atoms with van der Waals surface area (Å²) < 4.78 is 19.1. The Morgan fingerprint density at radius 3 is 2.83 bits per heavy atom. The molecule has 1 heterocycles. The lowest BCUT2D eigenvalue weighted by Crippen LogP contribution is -2.21. The third-order valence-electron chi connectivity index (χ3n) is 2.60. The lowest BCUT2D eigenvalue weighted by Gasteiger charge is -2.04. The van der Waals surface area contributed by atoms with Gasteiger partial charge in [-0.3, -0.25) is 0 Å². The molecule has 1 N–H and O–H groups in total.